The molecule has 0 bridgehead atoms. The number of aliphatic hydroxyl groups excluding tert-OH is 1. The first-order valence-electron chi connectivity index (χ1n) is 7.58. The zero-order valence-electron chi connectivity index (χ0n) is 12.8. The second-order valence-corrected chi connectivity index (χ2v) is 5.88. The lowest BCUT2D eigenvalue weighted by atomic mass is 9.86. The fraction of sp³-hybridized carbons (Fsp3) is 0.500. The lowest BCUT2D eigenvalue weighted by Crippen LogP contribution is -2.39. The number of hydrogen-bond acceptors (Lipinski definition) is 2. The predicted molar refractivity (Wildman–Crippen MR) is 83.9 cm³/mol. The molecule has 1 fully saturated rings. The van der Waals surface area contributed by atoms with Crippen molar-refractivity contribution in [2.24, 2.45) is 5.92 Å². The zero-order valence-corrected chi connectivity index (χ0v) is 12.8. The second kappa shape index (κ2) is 7.28. The predicted octanol–water partition coefficient (Wildman–Crippen LogP) is 2.68. The average molecular weight is 285 g/mol. The molecule has 0 radical (unpaired) electrons. The highest BCUT2D eigenvalue weighted by Gasteiger charge is 2.25. The number of nitrogens with zero attached hydrogens (tertiary/aromatic N) is 1. The van der Waals surface area contributed by atoms with Crippen molar-refractivity contribution < 1.29 is 9.90 Å². The normalized spacial score (nSPS) is 21.3. The number of carbonyl (C=O) groups is 1. The van der Waals surface area contributed by atoms with Gasteiger partial charge in [0.2, 0.25) is 0 Å². The molecule has 1 amide bonds. The molecular weight excluding hydrogens is 262 g/mol. The summed E-state index contributed by atoms with van der Waals surface area (Å²) < 4.78 is 0. The Balaban J connectivity index is 2.11. The van der Waals surface area contributed by atoms with Gasteiger partial charge < -0.3 is 10.0 Å². The molecule has 0 spiro atoms. The molecule has 1 saturated carbocycles. The fourth-order valence-electron chi connectivity index (χ4n) is 2.99. The Labute approximate surface area is 127 Å². The Kier molecular flexibility index (Phi) is 5.41. The van der Waals surface area contributed by atoms with E-state index in [1.54, 1.807) is 6.07 Å². The van der Waals surface area contributed by atoms with Gasteiger partial charge in [0, 0.05) is 24.2 Å². The van der Waals surface area contributed by atoms with Gasteiger partial charge in [-0.1, -0.05) is 37.7 Å². The minimum Gasteiger partial charge on any atom is -0.384 e. The Morgan fingerprint density at radius 1 is 1.43 bits per heavy atom. The largest absolute Gasteiger partial charge is 0.384 e. The third-order valence-electron chi connectivity index (χ3n) is 4.20. The summed E-state index contributed by atoms with van der Waals surface area (Å²) in [7, 11) is 1.90. The molecule has 1 N–H and O–H groups in total. The fourth-order valence-corrected chi connectivity index (χ4v) is 2.99. The number of hydrogen-bond donors (Lipinski definition) is 1. The van der Waals surface area contributed by atoms with Gasteiger partial charge in [-0.25, -0.2) is 0 Å². The molecular formula is C18H23NO2. The topological polar surface area (TPSA) is 40.5 Å². The minimum absolute atomic E-state index is 0.0572. The van der Waals surface area contributed by atoms with Gasteiger partial charge in [-0.05, 0) is 37.0 Å². The summed E-state index contributed by atoms with van der Waals surface area (Å²) in [4.78, 5) is 14.5. The Morgan fingerprint density at radius 2 is 2.24 bits per heavy atom. The van der Waals surface area contributed by atoms with Crippen LogP contribution in [0, 0.1) is 17.8 Å². The van der Waals surface area contributed by atoms with Crippen LogP contribution in [0.1, 0.15) is 48.5 Å². The summed E-state index contributed by atoms with van der Waals surface area (Å²) >= 11 is 0. The van der Waals surface area contributed by atoms with Crippen molar-refractivity contribution >= 4 is 5.91 Å². The van der Waals surface area contributed by atoms with Gasteiger partial charge in [-0.15, -0.1) is 0 Å². The van der Waals surface area contributed by atoms with Crippen LogP contribution in [0.5, 0.6) is 0 Å². The number of amides is 1. The molecule has 3 nitrogen and oxygen atoms in total. The highest BCUT2D eigenvalue weighted by molar-refractivity contribution is 5.94. The Hall–Kier alpha value is -1.79. The smallest absolute Gasteiger partial charge is 0.253 e. The molecule has 0 heterocycles. The molecule has 1 aromatic carbocycles. The van der Waals surface area contributed by atoms with E-state index in [9.17, 15) is 4.79 Å². The molecule has 21 heavy (non-hydrogen) atoms. The molecule has 1 aromatic rings. The lowest BCUT2D eigenvalue weighted by Gasteiger charge is -2.34. The first kappa shape index (κ1) is 15.6. The second-order valence-electron chi connectivity index (χ2n) is 5.88. The average Bonchev–Trinajstić information content (AvgIpc) is 2.51. The first-order valence-corrected chi connectivity index (χ1v) is 7.58. The highest BCUT2D eigenvalue weighted by Crippen LogP contribution is 2.27. The van der Waals surface area contributed by atoms with E-state index in [0.29, 0.717) is 17.5 Å². The van der Waals surface area contributed by atoms with Crippen LogP contribution in [-0.4, -0.2) is 35.6 Å². The van der Waals surface area contributed by atoms with E-state index in [0.717, 1.165) is 18.4 Å². The Bertz CT molecular complexity index is 556. The quantitative estimate of drug-likeness (QED) is 0.849. The third-order valence-corrected chi connectivity index (χ3v) is 4.20. The molecule has 112 valence electrons. The summed E-state index contributed by atoms with van der Waals surface area (Å²) in [6, 6.07) is 7.66. The highest BCUT2D eigenvalue weighted by atomic mass is 16.2. The van der Waals surface area contributed by atoms with E-state index < -0.39 is 0 Å². The lowest BCUT2D eigenvalue weighted by molar-refractivity contribution is 0.0672. The zero-order chi connectivity index (χ0) is 15.2. The molecule has 2 unspecified atom stereocenters. The number of carbonyl (C=O) groups excluding carboxylic acids is 1. The summed E-state index contributed by atoms with van der Waals surface area (Å²) in [5, 5.41) is 8.74. The van der Waals surface area contributed by atoms with Gasteiger partial charge in [0.15, 0.2) is 0 Å². The van der Waals surface area contributed by atoms with Crippen molar-refractivity contribution in [3.05, 3.63) is 35.4 Å². The summed E-state index contributed by atoms with van der Waals surface area (Å²) in [5.74, 6) is 6.21. The van der Waals surface area contributed by atoms with Crippen LogP contribution < -0.4 is 0 Å². The van der Waals surface area contributed by atoms with Crippen LogP contribution in [0.4, 0.5) is 0 Å². The van der Waals surface area contributed by atoms with E-state index in [2.05, 4.69) is 18.8 Å². The molecule has 3 heteroatoms. The number of benzene rings is 1. The monoisotopic (exact) mass is 285 g/mol. The van der Waals surface area contributed by atoms with Crippen LogP contribution in [0.15, 0.2) is 24.3 Å². The van der Waals surface area contributed by atoms with Gasteiger partial charge in [-0.2, -0.15) is 0 Å². The van der Waals surface area contributed by atoms with E-state index in [-0.39, 0.29) is 12.5 Å². The van der Waals surface area contributed by atoms with Crippen molar-refractivity contribution in [3.63, 3.8) is 0 Å². The summed E-state index contributed by atoms with van der Waals surface area (Å²) in [5.41, 5.74) is 1.43. The van der Waals surface area contributed by atoms with Crippen molar-refractivity contribution in [1.29, 1.82) is 0 Å². The maximum absolute atomic E-state index is 12.6. The number of aliphatic hydroxyl groups is 1. The molecule has 0 aromatic heterocycles. The summed E-state index contributed by atoms with van der Waals surface area (Å²) in [6.45, 7) is 2.09. The van der Waals surface area contributed by atoms with Crippen LogP contribution in [-0.2, 0) is 0 Å². The van der Waals surface area contributed by atoms with Crippen molar-refractivity contribution in [2.75, 3.05) is 13.7 Å². The van der Waals surface area contributed by atoms with Crippen LogP contribution >= 0.6 is 0 Å². The molecule has 2 atom stereocenters. The Morgan fingerprint density at radius 3 is 2.95 bits per heavy atom. The standard InChI is InChI=1S/C18H23NO2/c1-14-6-3-10-17(12-14)19(2)18(21)16-9-4-7-15(13-16)8-5-11-20/h4,7,9,13-14,17,20H,3,6,10-12H2,1-2H3. The molecule has 0 aliphatic heterocycles. The van der Waals surface area contributed by atoms with Crippen LogP contribution in [0.25, 0.3) is 0 Å². The van der Waals surface area contributed by atoms with Crippen LogP contribution in [0.2, 0.25) is 0 Å². The van der Waals surface area contributed by atoms with Gasteiger partial charge in [0.1, 0.15) is 6.61 Å². The molecule has 0 saturated heterocycles. The van der Waals surface area contributed by atoms with Gasteiger partial charge >= 0.3 is 0 Å². The van der Waals surface area contributed by atoms with Crippen molar-refractivity contribution in [2.45, 2.75) is 38.6 Å². The molecule has 1 aliphatic rings. The molecule has 1 aliphatic carbocycles. The van der Waals surface area contributed by atoms with Crippen LogP contribution in [0.3, 0.4) is 0 Å². The third kappa shape index (κ3) is 4.09. The van der Waals surface area contributed by atoms with E-state index >= 15 is 0 Å². The van der Waals surface area contributed by atoms with E-state index in [4.69, 9.17) is 5.11 Å². The number of rotatable bonds is 2. The molecule has 2 rings (SSSR count). The van der Waals surface area contributed by atoms with E-state index in [1.165, 1.54) is 12.8 Å². The van der Waals surface area contributed by atoms with Gasteiger partial charge in [-0.3, -0.25) is 4.79 Å². The minimum atomic E-state index is -0.169. The van der Waals surface area contributed by atoms with Gasteiger partial charge in [0.25, 0.3) is 5.91 Å². The van der Waals surface area contributed by atoms with Crippen molar-refractivity contribution in [3.8, 4) is 11.8 Å². The first-order chi connectivity index (χ1) is 10.1. The van der Waals surface area contributed by atoms with E-state index in [1.807, 2.05) is 30.1 Å². The van der Waals surface area contributed by atoms with Gasteiger partial charge in [0.05, 0.1) is 0 Å². The summed E-state index contributed by atoms with van der Waals surface area (Å²) in [6.07, 6.45) is 4.65. The maximum Gasteiger partial charge on any atom is 0.253 e. The SMILES string of the molecule is CC1CCCC(N(C)C(=O)c2cccc(C#CCO)c2)C1. The maximum atomic E-state index is 12.6. The van der Waals surface area contributed by atoms with Crippen molar-refractivity contribution in [1.82, 2.24) is 4.90 Å².